The molecule has 0 amide bonds. The summed E-state index contributed by atoms with van der Waals surface area (Å²) in [5.41, 5.74) is 0. The van der Waals surface area contributed by atoms with Gasteiger partial charge in [0.2, 0.25) is 7.58 Å². The minimum Gasteiger partial charge on any atom is -0.462 e. The number of carbonyl (C=O) groups excluding carboxylic acids is 2. The first kappa shape index (κ1) is 27.1. The Morgan fingerprint density at radius 1 is 1.04 bits per heavy atom. The Morgan fingerprint density at radius 3 is 2.22 bits per heavy atom. The topological polar surface area (TPSA) is 71.1 Å². The molecule has 1 unspecified atom stereocenters. The van der Waals surface area contributed by atoms with Crippen molar-refractivity contribution in [1.29, 1.82) is 0 Å². The van der Waals surface area contributed by atoms with E-state index in [0.717, 1.165) is 43.9 Å². The Balaban J connectivity index is 4.45. The summed E-state index contributed by atoms with van der Waals surface area (Å²) in [6.07, 6.45) is 6.02. The van der Waals surface area contributed by atoms with Crippen LogP contribution in [-0.4, -0.2) is 49.4 Å². The average Bonchev–Trinajstić information content (AvgIpc) is 2.66. The molecule has 0 aliphatic heterocycles. The standard InChI is InChI=1S/C18H34BrO6PS/c1-4-6-8-10-17(20)23-14-16(25-18(21)11-9-7-5-2)15-27-26(22-3)24-13-12-19/h16H,4-15H2,1-3H3/t16-,26?/m1/s1. The molecule has 27 heavy (non-hydrogen) atoms. The number of carbonyl (C=O) groups is 2. The van der Waals surface area contributed by atoms with Gasteiger partial charge in [0, 0.05) is 31.0 Å². The van der Waals surface area contributed by atoms with Crippen molar-refractivity contribution < 1.29 is 28.1 Å². The largest absolute Gasteiger partial charge is 0.462 e. The van der Waals surface area contributed by atoms with Gasteiger partial charge < -0.3 is 18.5 Å². The Bertz CT molecular complexity index is 389. The van der Waals surface area contributed by atoms with E-state index in [-0.39, 0.29) is 18.5 Å². The highest BCUT2D eigenvalue weighted by Gasteiger charge is 2.20. The number of unbranched alkanes of at least 4 members (excludes halogenated alkanes) is 4. The predicted molar refractivity (Wildman–Crippen MR) is 115 cm³/mol. The van der Waals surface area contributed by atoms with Crippen LogP contribution in [0, 0.1) is 0 Å². The minimum atomic E-state index is -1.12. The molecule has 0 saturated heterocycles. The maximum Gasteiger partial charge on any atom is 0.306 e. The summed E-state index contributed by atoms with van der Waals surface area (Å²) in [5.74, 6) is -0.0342. The molecule has 0 aromatic heterocycles. The van der Waals surface area contributed by atoms with Crippen molar-refractivity contribution in [2.24, 2.45) is 0 Å². The first-order chi connectivity index (χ1) is 13.1. The van der Waals surface area contributed by atoms with Crippen LogP contribution in [-0.2, 0) is 28.1 Å². The van der Waals surface area contributed by atoms with Crippen molar-refractivity contribution in [2.45, 2.75) is 71.3 Å². The molecule has 0 aromatic carbocycles. The lowest BCUT2D eigenvalue weighted by Crippen LogP contribution is -2.27. The van der Waals surface area contributed by atoms with E-state index in [0.29, 0.717) is 25.2 Å². The van der Waals surface area contributed by atoms with Crippen LogP contribution in [0.15, 0.2) is 0 Å². The number of ether oxygens (including phenoxy) is 2. The minimum absolute atomic E-state index is 0.0722. The van der Waals surface area contributed by atoms with E-state index in [9.17, 15) is 9.59 Å². The summed E-state index contributed by atoms with van der Waals surface area (Å²) in [5, 5.41) is 0.723. The first-order valence-electron chi connectivity index (χ1n) is 9.58. The molecule has 9 heteroatoms. The number of hydrogen-bond donors (Lipinski definition) is 0. The van der Waals surface area contributed by atoms with Crippen molar-refractivity contribution >= 4 is 46.8 Å². The van der Waals surface area contributed by atoms with Crippen LogP contribution >= 0.6 is 34.9 Å². The van der Waals surface area contributed by atoms with E-state index in [1.54, 1.807) is 7.11 Å². The number of rotatable bonds is 18. The molecule has 0 aliphatic carbocycles. The van der Waals surface area contributed by atoms with Crippen molar-refractivity contribution in [2.75, 3.05) is 31.4 Å². The predicted octanol–water partition coefficient (Wildman–Crippen LogP) is 5.62. The van der Waals surface area contributed by atoms with E-state index >= 15 is 0 Å². The molecule has 160 valence electrons. The highest BCUT2D eigenvalue weighted by molar-refractivity contribution is 9.09. The third-order valence-corrected chi connectivity index (χ3v) is 7.08. The number of halogens is 1. The third-order valence-electron chi connectivity index (χ3n) is 3.49. The SMILES string of the molecule is CCCCCC(=O)OC[C@H](CSP(OC)OCCBr)OC(=O)CCCCC. The number of alkyl halides is 1. The van der Waals surface area contributed by atoms with Gasteiger partial charge in [-0.15, -0.1) is 0 Å². The monoisotopic (exact) mass is 488 g/mol. The van der Waals surface area contributed by atoms with E-state index < -0.39 is 13.7 Å². The Hall–Kier alpha value is 0.120. The van der Waals surface area contributed by atoms with Gasteiger partial charge in [-0.05, 0) is 12.8 Å². The van der Waals surface area contributed by atoms with Crippen LogP contribution in [0.5, 0.6) is 0 Å². The van der Waals surface area contributed by atoms with Gasteiger partial charge in [-0.25, -0.2) is 0 Å². The van der Waals surface area contributed by atoms with Crippen LogP contribution in [0.4, 0.5) is 0 Å². The smallest absolute Gasteiger partial charge is 0.306 e. The highest BCUT2D eigenvalue weighted by atomic mass is 79.9. The second-order valence-corrected chi connectivity index (χ2v) is 10.1. The fourth-order valence-electron chi connectivity index (χ4n) is 2.05. The molecule has 0 spiro atoms. The lowest BCUT2D eigenvalue weighted by Gasteiger charge is -2.20. The second kappa shape index (κ2) is 19.4. The summed E-state index contributed by atoms with van der Waals surface area (Å²) < 4.78 is 21.7. The highest BCUT2D eigenvalue weighted by Crippen LogP contribution is 2.51. The molecule has 0 radical (unpaired) electrons. The fourth-order valence-corrected chi connectivity index (χ4v) is 5.07. The van der Waals surface area contributed by atoms with E-state index in [1.165, 1.54) is 11.4 Å². The van der Waals surface area contributed by atoms with Crippen LogP contribution in [0.2, 0.25) is 0 Å². The van der Waals surface area contributed by atoms with Gasteiger partial charge in [-0.1, -0.05) is 66.8 Å². The molecule has 0 saturated carbocycles. The van der Waals surface area contributed by atoms with Crippen molar-refractivity contribution in [1.82, 2.24) is 0 Å². The molecule has 2 atom stereocenters. The van der Waals surface area contributed by atoms with Gasteiger partial charge in [0.05, 0.1) is 6.61 Å². The normalized spacial score (nSPS) is 13.2. The summed E-state index contributed by atoms with van der Waals surface area (Å²) in [7, 11) is 0.471. The zero-order chi connectivity index (χ0) is 20.3. The van der Waals surface area contributed by atoms with Crippen LogP contribution in [0.25, 0.3) is 0 Å². The molecular formula is C18H34BrO6PS. The molecule has 0 heterocycles. The lowest BCUT2D eigenvalue weighted by atomic mass is 10.2. The Kier molecular flexibility index (Phi) is 19.5. The molecule has 6 nitrogen and oxygen atoms in total. The van der Waals surface area contributed by atoms with E-state index in [4.69, 9.17) is 18.5 Å². The van der Waals surface area contributed by atoms with Crippen LogP contribution < -0.4 is 0 Å². The third kappa shape index (κ3) is 16.8. The molecule has 0 rings (SSSR count). The second-order valence-electron chi connectivity index (χ2n) is 5.93. The van der Waals surface area contributed by atoms with Crippen molar-refractivity contribution in [3.63, 3.8) is 0 Å². The maximum absolute atomic E-state index is 12.0. The van der Waals surface area contributed by atoms with Gasteiger partial charge in [0.25, 0.3) is 0 Å². The van der Waals surface area contributed by atoms with Crippen LogP contribution in [0.3, 0.4) is 0 Å². The molecule has 0 fully saturated rings. The fraction of sp³-hybridized carbons (Fsp3) is 0.889. The summed E-state index contributed by atoms with van der Waals surface area (Å²) in [6, 6.07) is 0. The van der Waals surface area contributed by atoms with Gasteiger partial charge in [-0.2, -0.15) is 0 Å². The molecule has 0 bridgehead atoms. The molecule has 0 N–H and O–H groups in total. The van der Waals surface area contributed by atoms with Crippen molar-refractivity contribution in [3.05, 3.63) is 0 Å². The number of hydrogen-bond acceptors (Lipinski definition) is 7. The summed E-state index contributed by atoms with van der Waals surface area (Å²) in [6.45, 7) is 4.79. The number of esters is 2. The van der Waals surface area contributed by atoms with E-state index in [1.807, 2.05) is 0 Å². The van der Waals surface area contributed by atoms with Crippen LogP contribution in [0.1, 0.15) is 65.2 Å². The summed E-state index contributed by atoms with van der Waals surface area (Å²) >= 11 is 4.75. The zero-order valence-corrected chi connectivity index (χ0v) is 20.0. The quantitative estimate of drug-likeness (QED) is 0.107. The Morgan fingerprint density at radius 2 is 1.67 bits per heavy atom. The van der Waals surface area contributed by atoms with E-state index in [2.05, 4.69) is 29.8 Å². The molecule has 0 aliphatic rings. The van der Waals surface area contributed by atoms with Gasteiger partial charge in [0.1, 0.15) is 12.7 Å². The molecular weight excluding hydrogens is 455 g/mol. The van der Waals surface area contributed by atoms with Gasteiger partial charge >= 0.3 is 11.9 Å². The summed E-state index contributed by atoms with van der Waals surface area (Å²) in [4.78, 5) is 23.9. The zero-order valence-electron chi connectivity index (χ0n) is 16.7. The maximum atomic E-state index is 12.0. The van der Waals surface area contributed by atoms with Gasteiger partial charge in [0.15, 0.2) is 0 Å². The van der Waals surface area contributed by atoms with Crippen molar-refractivity contribution in [3.8, 4) is 0 Å². The average molecular weight is 489 g/mol. The lowest BCUT2D eigenvalue weighted by molar-refractivity contribution is -0.157. The molecule has 0 aromatic rings. The first-order valence-corrected chi connectivity index (χ1v) is 13.5. The van der Waals surface area contributed by atoms with Gasteiger partial charge in [-0.3, -0.25) is 9.59 Å². The Labute approximate surface area is 177 Å².